The number of halogens is 2. The summed E-state index contributed by atoms with van der Waals surface area (Å²) in [7, 11) is -0.847. The average molecular weight is 292 g/mol. The Bertz CT molecular complexity index is 553. The molecular weight excluding hydrogens is 278 g/mol. The van der Waals surface area contributed by atoms with Gasteiger partial charge in [0.2, 0.25) is 15.9 Å². The standard InChI is InChI=1S/C11H14F2N2O3S/c1-15(2)19(17,18)7-6-10(16)14-11-8(12)4-3-5-9(11)13/h3-5H,6-7H2,1-2H3,(H,14,16). The lowest BCUT2D eigenvalue weighted by molar-refractivity contribution is -0.115. The van der Waals surface area contributed by atoms with Gasteiger partial charge >= 0.3 is 0 Å². The molecule has 5 nitrogen and oxygen atoms in total. The monoisotopic (exact) mass is 292 g/mol. The van der Waals surface area contributed by atoms with Crippen LogP contribution in [0.2, 0.25) is 0 Å². The van der Waals surface area contributed by atoms with Crippen LogP contribution in [-0.2, 0) is 14.8 Å². The maximum absolute atomic E-state index is 13.2. The minimum absolute atomic E-state index is 0.381. The summed E-state index contributed by atoms with van der Waals surface area (Å²) in [4.78, 5) is 11.5. The number of amides is 1. The van der Waals surface area contributed by atoms with Crippen LogP contribution in [0.5, 0.6) is 0 Å². The van der Waals surface area contributed by atoms with E-state index in [-0.39, 0.29) is 6.42 Å². The number of sulfonamides is 1. The molecule has 19 heavy (non-hydrogen) atoms. The number of carbonyl (C=O) groups excluding carboxylic acids is 1. The molecular formula is C11H14F2N2O3S. The SMILES string of the molecule is CN(C)S(=O)(=O)CCC(=O)Nc1c(F)cccc1F. The van der Waals surface area contributed by atoms with Gasteiger partial charge in [0, 0.05) is 20.5 Å². The zero-order chi connectivity index (χ0) is 14.6. The van der Waals surface area contributed by atoms with Crippen LogP contribution in [0.3, 0.4) is 0 Å². The molecule has 0 saturated carbocycles. The number of nitrogens with one attached hydrogen (secondary N) is 1. The lowest BCUT2D eigenvalue weighted by atomic mass is 10.3. The number of anilines is 1. The minimum atomic E-state index is -3.52. The van der Waals surface area contributed by atoms with Crippen molar-refractivity contribution in [3.63, 3.8) is 0 Å². The molecule has 0 radical (unpaired) electrons. The first-order valence-corrected chi connectivity index (χ1v) is 6.99. The van der Waals surface area contributed by atoms with E-state index in [1.165, 1.54) is 14.1 Å². The molecule has 106 valence electrons. The van der Waals surface area contributed by atoms with Gasteiger partial charge in [-0.15, -0.1) is 0 Å². The molecule has 0 heterocycles. The predicted octanol–water partition coefficient (Wildman–Crippen LogP) is 1.18. The zero-order valence-electron chi connectivity index (χ0n) is 10.5. The maximum Gasteiger partial charge on any atom is 0.225 e. The molecule has 0 unspecified atom stereocenters. The summed E-state index contributed by atoms with van der Waals surface area (Å²) in [5.41, 5.74) is -0.574. The van der Waals surface area contributed by atoms with Crippen molar-refractivity contribution in [2.75, 3.05) is 25.2 Å². The van der Waals surface area contributed by atoms with Crippen LogP contribution in [-0.4, -0.2) is 38.5 Å². The summed E-state index contributed by atoms with van der Waals surface area (Å²) >= 11 is 0. The molecule has 0 saturated heterocycles. The largest absolute Gasteiger partial charge is 0.321 e. The van der Waals surface area contributed by atoms with E-state index in [4.69, 9.17) is 0 Å². The third-order valence-corrected chi connectivity index (χ3v) is 4.20. The fourth-order valence-corrected chi connectivity index (χ4v) is 2.03. The Morgan fingerprint density at radius 3 is 2.26 bits per heavy atom. The van der Waals surface area contributed by atoms with Crippen molar-refractivity contribution < 1.29 is 22.0 Å². The number of hydrogen-bond acceptors (Lipinski definition) is 3. The van der Waals surface area contributed by atoms with Gasteiger partial charge in [-0.05, 0) is 12.1 Å². The first-order chi connectivity index (χ1) is 8.74. The normalized spacial score (nSPS) is 11.6. The van der Waals surface area contributed by atoms with Gasteiger partial charge < -0.3 is 5.32 Å². The number of carbonyl (C=O) groups is 1. The van der Waals surface area contributed by atoms with E-state index in [0.29, 0.717) is 0 Å². The molecule has 0 fully saturated rings. The Hall–Kier alpha value is -1.54. The van der Waals surface area contributed by atoms with E-state index < -0.39 is 39.0 Å². The molecule has 0 spiro atoms. The quantitative estimate of drug-likeness (QED) is 0.886. The number of rotatable bonds is 5. The van der Waals surface area contributed by atoms with Crippen LogP contribution >= 0.6 is 0 Å². The smallest absolute Gasteiger partial charge is 0.225 e. The van der Waals surface area contributed by atoms with Crippen molar-refractivity contribution in [2.24, 2.45) is 0 Å². The second-order valence-corrected chi connectivity index (χ2v) is 6.30. The maximum atomic E-state index is 13.2. The van der Waals surface area contributed by atoms with Crippen molar-refractivity contribution in [1.82, 2.24) is 4.31 Å². The Morgan fingerprint density at radius 2 is 1.79 bits per heavy atom. The summed E-state index contributed by atoms with van der Waals surface area (Å²) in [6.07, 6.45) is -0.381. The van der Waals surface area contributed by atoms with Crippen LogP contribution in [0.25, 0.3) is 0 Å². The number of nitrogens with zero attached hydrogens (tertiary/aromatic N) is 1. The van der Waals surface area contributed by atoms with Crippen molar-refractivity contribution in [3.8, 4) is 0 Å². The second kappa shape index (κ2) is 6.07. The molecule has 0 aliphatic heterocycles. The van der Waals surface area contributed by atoms with Crippen LogP contribution in [0.1, 0.15) is 6.42 Å². The van der Waals surface area contributed by atoms with Crippen LogP contribution < -0.4 is 5.32 Å². The minimum Gasteiger partial charge on any atom is -0.321 e. The van der Waals surface area contributed by atoms with Crippen molar-refractivity contribution >= 4 is 21.6 Å². The molecule has 1 N–H and O–H groups in total. The van der Waals surface area contributed by atoms with Crippen LogP contribution in [0.4, 0.5) is 14.5 Å². The Kier molecular flexibility index (Phi) is 4.96. The van der Waals surface area contributed by atoms with E-state index in [1.54, 1.807) is 0 Å². The summed E-state index contributed by atoms with van der Waals surface area (Å²) in [6, 6.07) is 3.15. The van der Waals surface area contributed by atoms with Gasteiger partial charge in [-0.25, -0.2) is 21.5 Å². The van der Waals surface area contributed by atoms with Gasteiger partial charge in [0.15, 0.2) is 0 Å². The highest BCUT2D eigenvalue weighted by Gasteiger charge is 2.17. The lowest BCUT2D eigenvalue weighted by Gasteiger charge is -2.11. The van der Waals surface area contributed by atoms with Crippen molar-refractivity contribution in [3.05, 3.63) is 29.8 Å². The fraction of sp³-hybridized carbons (Fsp3) is 0.364. The van der Waals surface area contributed by atoms with Gasteiger partial charge in [-0.1, -0.05) is 6.07 Å². The Balaban J connectivity index is 2.67. The molecule has 1 amide bonds. The summed E-state index contributed by atoms with van der Waals surface area (Å²) < 4.78 is 50.3. The molecule has 0 aromatic heterocycles. The topological polar surface area (TPSA) is 66.5 Å². The third kappa shape index (κ3) is 4.25. The Morgan fingerprint density at radius 1 is 1.26 bits per heavy atom. The number of hydrogen-bond donors (Lipinski definition) is 1. The predicted molar refractivity (Wildman–Crippen MR) is 67.1 cm³/mol. The van der Waals surface area contributed by atoms with Gasteiger partial charge in [0.1, 0.15) is 17.3 Å². The van der Waals surface area contributed by atoms with Gasteiger partial charge in [0.25, 0.3) is 0 Å². The van der Waals surface area contributed by atoms with Gasteiger partial charge in [0.05, 0.1) is 5.75 Å². The molecule has 0 atom stereocenters. The molecule has 0 aliphatic carbocycles. The third-order valence-electron chi connectivity index (χ3n) is 2.37. The first kappa shape index (κ1) is 15.5. The first-order valence-electron chi connectivity index (χ1n) is 5.38. The highest BCUT2D eigenvalue weighted by atomic mass is 32.2. The zero-order valence-corrected chi connectivity index (χ0v) is 11.3. The van der Waals surface area contributed by atoms with E-state index in [0.717, 1.165) is 22.5 Å². The molecule has 1 aromatic rings. The molecule has 1 aromatic carbocycles. The highest BCUT2D eigenvalue weighted by Crippen LogP contribution is 2.18. The second-order valence-electron chi connectivity index (χ2n) is 3.99. The number of para-hydroxylation sites is 1. The van der Waals surface area contributed by atoms with Crippen molar-refractivity contribution in [2.45, 2.75) is 6.42 Å². The molecule has 0 aliphatic rings. The highest BCUT2D eigenvalue weighted by molar-refractivity contribution is 7.89. The molecule has 1 rings (SSSR count). The van der Waals surface area contributed by atoms with Crippen molar-refractivity contribution in [1.29, 1.82) is 0 Å². The van der Waals surface area contributed by atoms with E-state index in [2.05, 4.69) is 0 Å². The number of benzene rings is 1. The average Bonchev–Trinajstić information content (AvgIpc) is 2.31. The molecule has 8 heteroatoms. The van der Waals surface area contributed by atoms with Gasteiger partial charge in [-0.3, -0.25) is 4.79 Å². The van der Waals surface area contributed by atoms with Gasteiger partial charge in [-0.2, -0.15) is 0 Å². The summed E-state index contributed by atoms with van der Waals surface area (Å²) in [5.74, 6) is -3.02. The summed E-state index contributed by atoms with van der Waals surface area (Å²) in [5, 5.41) is 2.02. The Labute approximate surface area is 110 Å². The van der Waals surface area contributed by atoms with Crippen LogP contribution in [0.15, 0.2) is 18.2 Å². The fourth-order valence-electron chi connectivity index (χ4n) is 1.22. The van der Waals surface area contributed by atoms with E-state index >= 15 is 0 Å². The lowest BCUT2D eigenvalue weighted by Crippen LogP contribution is -2.27. The molecule has 0 bridgehead atoms. The van der Waals surface area contributed by atoms with E-state index in [9.17, 15) is 22.0 Å². The van der Waals surface area contributed by atoms with Crippen LogP contribution in [0, 0.1) is 11.6 Å². The summed E-state index contributed by atoms with van der Waals surface area (Å²) in [6.45, 7) is 0. The van der Waals surface area contributed by atoms with E-state index in [1.807, 2.05) is 5.32 Å².